The van der Waals surface area contributed by atoms with E-state index >= 15 is 0 Å². The van der Waals surface area contributed by atoms with Gasteiger partial charge < -0.3 is 14.2 Å². The summed E-state index contributed by atoms with van der Waals surface area (Å²) in [6, 6.07) is 11.9. The van der Waals surface area contributed by atoms with Gasteiger partial charge in [-0.1, -0.05) is 66.7 Å². The van der Waals surface area contributed by atoms with Gasteiger partial charge in [-0.3, -0.25) is 4.79 Å². The van der Waals surface area contributed by atoms with Crippen molar-refractivity contribution in [1.29, 1.82) is 0 Å². The van der Waals surface area contributed by atoms with E-state index in [4.69, 9.17) is 14.2 Å². The Bertz CT molecular complexity index is 853. The first kappa shape index (κ1) is 26.8. The first-order valence-corrected chi connectivity index (χ1v) is 12.4. The summed E-state index contributed by atoms with van der Waals surface area (Å²) in [5, 5.41) is 0. The third kappa shape index (κ3) is 8.75. The second kappa shape index (κ2) is 13.3. The third-order valence-corrected chi connectivity index (χ3v) is 5.14. The van der Waals surface area contributed by atoms with Crippen molar-refractivity contribution in [2.45, 2.75) is 67.7 Å². The molecule has 0 N–H and O–H groups in total. The smallest absolute Gasteiger partial charge is 0.170 e. The number of benzene rings is 2. The zero-order valence-corrected chi connectivity index (χ0v) is 21.6. The van der Waals surface area contributed by atoms with Crippen LogP contribution in [0.3, 0.4) is 0 Å². The van der Waals surface area contributed by atoms with Gasteiger partial charge in [-0.05, 0) is 59.9 Å². The standard InChI is InChI=1S/C29H42O4/c1-8-23-12-15-26(31-17-20(2)3)24(16-23)13-14-25(30)29-27(32-18-21(4)5)10-9-11-28(29)33-19-22(6)7/h9-12,15-16,20-22H,8,13-14,17-19H2,1-7H3. The number of hydrogen-bond acceptors (Lipinski definition) is 4. The Morgan fingerprint density at radius 1 is 0.758 bits per heavy atom. The van der Waals surface area contributed by atoms with E-state index in [9.17, 15) is 4.79 Å². The minimum Gasteiger partial charge on any atom is -0.493 e. The van der Waals surface area contributed by atoms with Crippen LogP contribution < -0.4 is 14.2 Å². The maximum atomic E-state index is 13.5. The summed E-state index contributed by atoms with van der Waals surface area (Å²) in [5.41, 5.74) is 2.87. The first-order chi connectivity index (χ1) is 15.7. The monoisotopic (exact) mass is 454 g/mol. The van der Waals surface area contributed by atoms with Crippen LogP contribution in [-0.2, 0) is 12.8 Å². The number of aryl methyl sites for hydroxylation is 2. The summed E-state index contributed by atoms with van der Waals surface area (Å²) in [5.74, 6) is 3.29. The van der Waals surface area contributed by atoms with Crippen molar-refractivity contribution in [2.75, 3.05) is 19.8 Å². The molecule has 2 aromatic carbocycles. The van der Waals surface area contributed by atoms with Crippen molar-refractivity contribution >= 4 is 5.78 Å². The molecule has 0 aliphatic carbocycles. The molecule has 4 nitrogen and oxygen atoms in total. The lowest BCUT2D eigenvalue weighted by atomic mass is 9.98. The molecule has 4 heteroatoms. The van der Waals surface area contributed by atoms with E-state index in [1.54, 1.807) is 0 Å². The van der Waals surface area contributed by atoms with Crippen molar-refractivity contribution in [2.24, 2.45) is 17.8 Å². The van der Waals surface area contributed by atoms with Crippen molar-refractivity contribution in [3.63, 3.8) is 0 Å². The second-order valence-corrected chi connectivity index (χ2v) is 9.96. The van der Waals surface area contributed by atoms with E-state index in [0.717, 1.165) is 17.7 Å². The van der Waals surface area contributed by atoms with Crippen LogP contribution in [-0.4, -0.2) is 25.6 Å². The highest BCUT2D eigenvalue weighted by atomic mass is 16.5. The Morgan fingerprint density at radius 3 is 1.76 bits per heavy atom. The molecule has 0 amide bonds. The van der Waals surface area contributed by atoms with E-state index in [2.05, 4.69) is 60.6 Å². The van der Waals surface area contributed by atoms with Crippen molar-refractivity contribution < 1.29 is 19.0 Å². The molecule has 0 unspecified atom stereocenters. The molecule has 0 heterocycles. The second-order valence-electron chi connectivity index (χ2n) is 9.96. The van der Waals surface area contributed by atoms with Crippen LogP contribution in [0.2, 0.25) is 0 Å². The van der Waals surface area contributed by atoms with Gasteiger partial charge in [0.25, 0.3) is 0 Å². The lowest BCUT2D eigenvalue weighted by Crippen LogP contribution is -2.13. The van der Waals surface area contributed by atoms with E-state index < -0.39 is 0 Å². The largest absolute Gasteiger partial charge is 0.493 e. The molecule has 33 heavy (non-hydrogen) atoms. The van der Waals surface area contributed by atoms with Gasteiger partial charge in [0, 0.05) is 6.42 Å². The van der Waals surface area contributed by atoms with Crippen molar-refractivity contribution in [3.8, 4) is 17.2 Å². The summed E-state index contributed by atoms with van der Waals surface area (Å²) >= 11 is 0. The van der Waals surface area contributed by atoms with Gasteiger partial charge in [-0.15, -0.1) is 0 Å². The first-order valence-electron chi connectivity index (χ1n) is 12.4. The molecular weight excluding hydrogens is 412 g/mol. The zero-order chi connectivity index (χ0) is 24.4. The van der Waals surface area contributed by atoms with Crippen LogP contribution in [0, 0.1) is 17.8 Å². The minimum atomic E-state index is 0.0322. The normalized spacial score (nSPS) is 11.3. The summed E-state index contributed by atoms with van der Waals surface area (Å²) in [7, 11) is 0. The van der Waals surface area contributed by atoms with Gasteiger partial charge in [-0.2, -0.15) is 0 Å². The lowest BCUT2D eigenvalue weighted by molar-refractivity contribution is 0.0972. The lowest BCUT2D eigenvalue weighted by Gasteiger charge is -2.18. The van der Waals surface area contributed by atoms with Crippen molar-refractivity contribution in [1.82, 2.24) is 0 Å². The maximum Gasteiger partial charge on any atom is 0.170 e. The van der Waals surface area contributed by atoms with E-state index in [1.165, 1.54) is 5.56 Å². The quantitative estimate of drug-likeness (QED) is 0.284. The average Bonchev–Trinajstić information content (AvgIpc) is 2.78. The molecule has 0 atom stereocenters. The van der Waals surface area contributed by atoms with Gasteiger partial charge in [0.1, 0.15) is 22.8 Å². The molecule has 0 fully saturated rings. The zero-order valence-electron chi connectivity index (χ0n) is 21.6. The van der Waals surface area contributed by atoms with Gasteiger partial charge in [0.15, 0.2) is 5.78 Å². The van der Waals surface area contributed by atoms with Crippen molar-refractivity contribution in [3.05, 3.63) is 53.1 Å². The van der Waals surface area contributed by atoms with Crippen LogP contribution in [0.5, 0.6) is 17.2 Å². The van der Waals surface area contributed by atoms with Crippen LogP contribution in [0.25, 0.3) is 0 Å². The maximum absolute atomic E-state index is 13.5. The molecule has 2 rings (SSSR count). The number of ether oxygens (including phenoxy) is 3. The Labute approximate surface area is 200 Å². The van der Waals surface area contributed by atoms with Gasteiger partial charge >= 0.3 is 0 Å². The van der Waals surface area contributed by atoms with Crippen LogP contribution in [0.4, 0.5) is 0 Å². The van der Waals surface area contributed by atoms with E-state index in [0.29, 0.717) is 67.5 Å². The predicted octanol–water partition coefficient (Wildman–Crippen LogP) is 7.17. The number of hydrogen-bond donors (Lipinski definition) is 0. The Balaban J connectivity index is 2.27. The minimum absolute atomic E-state index is 0.0322. The molecule has 182 valence electrons. The molecule has 0 saturated carbocycles. The van der Waals surface area contributed by atoms with Crippen LogP contribution in [0.15, 0.2) is 36.4 Å². The fourth-order valence-corrected chi connectivity index (χ4v) is 3.36. The van der Waals surface area contributed by atoms with Crippen LogP contribution in [0.1, 0.15) is 76.4 Å². The molecule has 0 radical (unpaired) electrons. The summed E-state index contributed by atoms with van der Waals surface area (Å²) < 4.78 is 18.1. The highest BCUT2D eigenvalue weighted by molar-refractivity contribution is 6.01. The molecule has 0 bridgehead atoms. The molecule has 0 aliphatic rings. The van der Waals surface area contributed by atoms with E-state index in [1.807, 2.05) is 24.3 Å². The fourth-order valence-electron chi connectivity index (χ4n) is 3.36. The highest BCUT2D eigenvalue weighted by Gasteiger charge is 2.20. The number of Topliss-reactive ketones (excluding diaryl/α,β-unsaturated/α-hetero) is 1. The molecular formula is C29H42O4. The summed E-state index contributed by atoms with van der Waals surface area (Å²) in [6.45, 7) is 16.6. The Morgan fingerprint density at radius 2 is 1.27 bits per heavy atom. The molecule has 0 spiro atoms. The average molecular weight is 455 g/mol. The highest BCUT2D eigenvalue weighted by Crippen LogP contribution is 2.32. The molecule has 0 aliphatic heterocycles. The summed E-state index contributed by atoms with van der Waals surface area (Å²) in [6.07, 6.45) is 1.93. The number of ketones is 1. The molecule has 0 saturated heterocycles. The fraction of sp³-hybridized carbons (Fsp3) is 0.552. The van der Waals surface area contributed by atoms with Gasteiger partial charge in [-0.25, -0.2) is 0 Å². The third-order valence-electron chi connectivity index (χ3n) is 5.14. The summed E-state index contributed by atoms with van der Waals surface area (Å²) in [4.78, 5) is 13.5. The Kier molecular flexibility index (Phi) is 10.8. The Hall–Kier alpha value is -2.49. The number of carbonyl (C=O) groups is 1. The SMILES string of the molecule is CCc1ccc(OCC(C)C)c(CCC(=O)c2c(OCC(C)C)cccc2OCC(C)C)c1. The molecule has 0 aromatic heterocycles. The number of rotatable bonds is 14. The predicted molar refractivity (Wildman–Crippen MR) is 136 cm³/mol. The van der Waals surface area contributed by atoms with E-state index in [-0.39, 0.29) is 5.78 Å². The number of carbonyl (C=O) groups excluding carboxylic acids is 1. The molecule has 2 aromatic rings. The van der Waals surface area contributed by atoms with Gasteiger partial charge in [0.2, 0.25) is 0 Å². The van der Waals surface area contributed by atoms with Gasteiger partial charge in [0.05, 0.1) is 19.8 Å². The van der Waals surface area contributed by atoms with Crippen LogP contribution >= 0.6 is 0 Å². The topological polar surface area (TPSA) is 44.8 Å².